The van der Waals surface area contributed by atoms with Crippen LogP contribution in [-0.4, -0.2) is 28.8 Å². The van der Waals surface area contributed by atoms with Crippen molar-refractivity contribution in [2.45, 2.75) is 19.3 Å². The predicted octanol–water partition coefficient (Wildman–Crippen LogP) is 3.61. The summed E-state index contributed by atoms with van der Waals surface area (Å²) >= 11 is 3.38. The number of carbonyl (C=O) groups excluding carboxylic acids is 1. The van der Waals surface area contributed by atoms with Gasteiger partial charge in [0, 0.05) is 11.0 Å². The van der Waals surface area contributed by atoms with Gasteiger partial charge >= 0.3 is 0 Å². The molecule has 154 valence electrons. The molecule has 2 aromatic carbocycles. The molecule has 0 spiro atoms. The summed E-state index contributed by atoms with van der Waals surface area (Å²) in [7, 11) is 0. The second kappa shape index (κ2) is 10.5. The number of halogens is 1. The molecule has 0 bridgehead atoms. The second-order valence-corrected chi connectivity index (χ2v) is 7.49. The molecular formula is C22H22BrN5O2. The van der Waals surface area contributed by atoms with E-state index in [0.717, 1.165) is 10.2 Å². The Labute approximate surface area is 183 Å². The zero-order valence-electron chi connectivity index (χ0n) is 16.3. The highest BCUT2D eigenvalue weighted by Gasteiger charge is 2.16. The second-order valence-electron chi connectivity index (χ2n) is 6.58. The van der Waals surface area contributed by atoms with Gasteiger partial charge in [-0.15, -0.1) is 0 Å². The zero-order chi connectivity index (χ0) is 21.3. The van der Waals surface area contributed by atoms with Crippen molar-refractivity contribution in [3.63, 3.8) is 0 Å². The van der Waals surface area contributed by atoms with E-state index in [9.17, 15) is 10.1 Å². The summed E-state index contributed by atoms with van der Waals surface area (Å²) in [5.41, 5.74) is 7.92. The van der Waals surface area contributed by atoms with E-state index in [4.69, 9.17) is 10.5 Å². The molecule has 3 rings (SSSR count). The van der Waals surface area contributed by atoms with Crippen LogP contribution in [0.15, 0.2) is 59.1 Å². The van der Waals surface area contributed by atoms with Crippen molar-refractivity contribution in [1.82, 2.24) is 15.1 Å². The van der Waals surface area contributed by atoms with Crippen LogP contribution in [0.4, 0.5) is 5.82 Å². The van der Waals surface area contributed by atoms with Crippen molar-refractivity contribution in [2.24, 2.45) is 0 Å². The average Bonchev–Trinajstić information content (AvgIpc) is 3.07. The van der Waals surface area contributed by atoms with Gasteiger partial charge in [0.05, 0.1) is 24.4 Å². The van der Waals surface area contributed by atoms with E-state index < -0.39 is 0 Å². The SMILES string of the molecule is N#Cc1c(CCCNC(=O)CCOc2cccc(Br)c2)nn(-c2ccccc2)c1N. The van der Waals surface area contributed by atoms with Crippen LogP contribution in [0, 0.1) is 11.3 Å². The van der Waals surface area contributed by atoms with E-state index in [-0.39, 0.29) is 12.3 Å². The number of nitrogen functional groups attached to an aromatic ring is 1. The first-order valence-electron chi connectivity index (χ1n) is 9.56. The Morgan fingerprint density at radius 1 is 1.23 bits per heavy atom. The fourth-order valence-electron chi connectivity index (χ4n) is 2.93. The monoisotopic (exact) mass is 467 g/mol. The normalized spacial score (nSPS) is 10.4. The zero-order valence-corrected chi connectivity index (χ0v) is 17.9. The minimum absolute atomic E-state index is 0.0835. The number of aromatic nitrogens is 2. The van der Waals surface area contributed by atoms with E-state index in [1.165, 1.54) is 0 Å². The maximum Gasteiger partial charge on any atom is 0.223 e. The molecule has 3 aromatic rings. The summed E-state index contributed by atoms with van der Waals surface area (Å²) in [5, 5.41) is 16.8. The predicted molar refractivity (Wildman–Crippen MR) is 118 cm³/mol. The minimum atomic E-state index is -0.0835. The summed E-state index contributed by atoms with van der Waals surface area (Å²) in [4.78, 5) is 12.0. The standard InChI is InChI=1S/C22H22BrN5O2/c23-16-6-4-9-18(14-16)30-13-11-21(29)26-12-5-10-20-19(15-24)22(25)28(27-20)17-7-2-1-3-8-17/h1-4,6-9,14H,5,10-13,25H2,(H,26,29). The number of anilines is 1. The molecule has 3 N–H and O–H groups in total. The van der Waals surface area contributed by atoms with E-state index in [1.807, 2.05) is 54.6 Å². The van der Waals surface area contributed by atoms with Crippen LogP contribution in [0.5, 0.6) is 5.75 Å². The van der Waals surface area contributed by atoms with Gasteiger partial charge < -0.3 is 15.8 Å². The van der Waals surface area contributed by atoms with E-state index in [0.29, 0.717) is 48.8 Å². The molecule has 0 saturated heterocycles. The number of amides is 1. The van der Waals surface area contributed by atoms with Gasteiger partial charge in [-0.3, -0.25) is 4.79 Å². The number of nitrogens with one attached hydrogen (secondary N) is 1. The number of para-hydroxylation sites is 1. The number of rotatable bonds is 9. The van der Waals surface area contributed by atoms with Crippen LogP contribution >= 0.6 is 15.9 Å². The van der Waals surface area contributed by atoms with Crippen LogP contribution in [0.1, 0.15) is 24.1 Å². The lowest BCUT2D eigenvalue weighted by molar-refractivity contribution is -0.121. The van der Waals surface area contributed by atoms with Crippen LogP contribution in [0.25, 0.3) is 5.69 Å². The molecule has 1 heterocycles. The van der Waals surface area contributed by atoms with E-state index in [2.05, 4.69) is 32.4 Å². The molecule has 7 nitrogen and oxygen atoms in total. The van der Waals surface area contributed by atoms with Crippen molar-refractivity contribution in [3.05, 3.63) is 70.3 Å². The van der Waals surface area contributed by atoms with Crippen molar-refractivity contribution >= 4 is 27.7 Å². The first-order chi connectivity index (χ1) is 14.6. The van der Waals surface area contributed by atoms with Crippen LogP contribution < -0.4 is 15.8 Å². The van der Waals surface area contributed by atoms with E-state index >= 15 is 0 Å². The van der Waals surface area contributed by atoms with Gasteiger partial charge in [0.25, 0.3) is 0 Å². The average molecular weight is 468 g/mol. The molecule has 0 saturated carbocycles. The van der Waals surface area contributed by atoms with Crippen molar-refractivity contribution in [2.75, 3.05) is 18.9 Å². The van der Waals surface area contributed by atoms with Crippen molar-refractivity contribution < 1.29 is 9.53 Å². The van der Waals surface area contributed by atoms with Crippen LogP contribution in [0.2, 0.25) is 0 Å². The Balaban J connectivity index is 1.45. The maximum atomic E-state index is 12.0. The number of hydrogen-bond acceptors (Lipinski definition) is 5. The molecule has 0 aliphatic carbocycles. The van der Waals surface area contributed by atoms with Crippen LogP contribution in [0.3, 0.4) is 0 Å². The van der Waals surface area contributed by atoms with Crippen molar-refractivity contribution in [3.8, 4) is 17.5 Å². The Morgan fingerprint density at radius 3 is 2.77 bits per heavy atom. The lowest BCUT2D eigenvalue weighted by Crippen LogP contribution is -2.26. The number of ether oxygens (including phenoxy) is 1. The topological polar surface area (TPSA) is 106 Å². The van der Waals surface area contributed by atoms with E-state index in [1.54, 1.807) is 4.68 Å². The molecule has 0 radical (unpaired) electrons. The van der Waals surface area contributed by atoms with Gasteiger partial charge in [-0.2, -0.15) is 10.4 Å². The molecule has 0 unspecified atom stereocenters. The quantitative estimate of drug-likeness (QED) is 0.467. The van der Waals surface area contributed by atoms with Crippen molar-refractivity contribution in [1.29, 1.82) is 5.26 Å². The molecule has 0 fully saturated rings. The fourth-order valence-corrected chi connectivity index (χ4v) is 3.31. The number of nitrogens with two attached hydrogens (primary N) is 1. The van der Waals surface area contributed by atoms with Gasteiger partial charge in [0.15, 0.2) is 0 Å². The molecular weight excluding hydrogens is 446 g/mol. The number of aryl methyl sites for hydroxylation is 1. The number of carbonyl (C=O) groups is 1. The fraction of sp³-hybridized carbons (Fsp3) is 0.227. The molecule has 0 aliphatic heterocycles. The van der Waals surface area contributed by atoms with Crippen LogP contribution in [-0.2, 0) is 11.2 Å². The molecule has 30 heavy (non-hydrogen) atoms. The number of hydrogen-bond donors (Lipinski definition) is 2. The molecule has 8 heteroatoms. The molecule has 1 aromatic heterocycles. The Hall–Kier alpha value is -3.31. The summed E-state index contributed by atoms with van der Waals surface area (Å²) in [6, 6.07) is 19.1. The first kappa shape index (κ1) is 21.4. The van der Waals surface area contributed by atoms with Gasteiger partial charge in [-0.05, 0) is 43.2 Å². The maximum absolute atomic E-state index is 12.0. The van der Waals surface area contributed by atoms with Gasteiger partial charge in [0.1, 0.15) is 23.2 Å². The Kier molecular flexibility index (Phi) is 7.46. The Bertz CT molecular complexity index is 1040. The summed E-state index contributed by atoms with van der Waals surface area (Å²) in [6.07, 6.45) is 1.46. The third-order valence-corrected chi connectivity index (χ3v) is 4.91. The lowest BCUT2D eigenvalue weighted by atomic mass is 10.1. The summed E-state index contributed by atoms with van der Waals surface area (Å²) in [6.45, 7) is 0.789. The number of nitriles is 1. The summed E-state index contributed by atoms with van der Waals surface area (Å²) in [5.74, 6) is 0.958. The highest BCUT2D eigenvalue weighted by Crippen LogP contribution is 2.21. The number of benzene rings is 2. The van der Waals surface area contributed by atoms with Gasteiger partial charge in [0.2, 0.25) is 5.91 Å². The van der Waals surface area contributed by atoms with Gasteiger partial charge in [-0.1, -0.05) is 40.2 Å². The minimum Gasteiger partial charge on any atom is -0.493 e. The molecule has 0 atom stereocenters. The lowest BCUT2D eigenvalue weighted by Gasteiger charge is -2.07. The molecule has 1 amide bonds. The van der Waals surface area contributed by atoms with Gasteiger partial charge in [-0.25, -0.2) is 4.68 Å². The Morgan fingerprint density at radius 2 is 2.03 bits per heavy atom. The smallest absolute Gasteiger partial charge is 0.223 e. The first-order valence-corrected chi connectivity index (χ1v) is 10.4. The third-order valence-electron chi connectivity index (χ3n) is 4.41. The molecule has 0 aliphatic rings. The largest absolute Gasteiger partial charge is 0.493 e. The summed E-state index contributed by atoms with van der Waals surface area (Å²) < 4.78 is 8.07. The highest BCUT2D eigenvalue weighted by molar-refractivity contribution is 9.10. The highest BCUT2D eigenvalue weighted by atomic mass is 79.9. The third kappa shape index (κ3) is 5.61. The number of nitrogens with zero attached hydrogens (tertiary/aromatic N) is 3.